The van der Waals surface area contributed by atoms with Crippen molar-refractivity contribution >= 4 is 34.8 Å². The average Bonchev–Trinajstić information content (AvgIpc) is 2.33. The number of hydrogen-bond donors (Lipinski definition) is 2. The normalized spacial score (nSPS) is 10.3. The van der Waals surface area contributed by atoms with Crippen molar-refractivity contribution in [3.05, 3.63) is 57.8 Å². The second kappa shape index (κ2) is 5.47. The van der Waals surface area contributed by atoms with Crippen molar-refractivity contribution in [3.63, 3.8) is 0 Å². The molecule has 0 aromatic heterocycles. The molecule has 2 aromatic rings. The third-order valence-electron chi connectivity index (χ3n) is 2.36. The van der Waals surface area contributed by atoms with Crippen LogP contribution in [0.1, 0.15) is 10.4 Å². The van der Waals surface area contributed by atoms with Gasteiger partial charge in [0, 0.05) is 11.8 Å². The molecule has 0 aliphatic rings. The van der Waals surface area contributed by atoms with Gasteiger partial charge in [-0.25, -0.2) is 4.39 Å². The molecule has 6 heteroatoms. The minimum absolute atomic E-state index is 0.00573. The van der Waals surface area contributed by atoms with E-state index >= 15 is 0 Å². The zero-order chi connectivity index (χ0) is 14.0. The molecule has 0 saturated carbocycles. The van der Waals surface area contributed by atoms with Crippen molar-refractivity contribution in [2.45, 2.75) is 0 Å². The van der Waals surface area contributed by atoms with E-state index in [2.05, 4.69) is 5.32 Å². The number of benzene rings is 2. The molecule has 0 unspecified atom stereocenters. The summed E-state index contributed by atoms with van der Waals surface area (Å²) in [5.41, 5.74) is 0.336. The van der Waals surface area contributed by atoms with Gasteiger partial charge in [0.15, 0.2) is 0 Å². The van der Waals surface area contributed by atoms with Gasteiger partial charge in [0.25, 0.3) is 5.91 Å². The van der Waals surface area contributed by atoms with Crippen LogP contribution in [0.4, 0.5) is 10.1 Å². The highest BCUT2D eigenvalue weighted by molar-refractivity contribution is 6.37. The smallest absolute Gasteiger partial charge is 0.257 e. The van der Waals surface area contributed by atoms with Gasteiger partial charge in [-0.15, -0.1) is 0 Å². The van der Waals surface area contributed by atoms with Crippen molar-refractivity contribution in [3.8, 4) is 5.75 Å². The molecule has 0 spiro atoms. The zero-order valence-electron chi connectivity index (χ0n) is 9.45. The molecule has 0 heterocycles. The van der Waals surface area contributed by atoms with Gasteiger partial charge in [-0.2, -0.15) is 0 Å². The topological polar surface area (TPSA) is 49.3 Å². The van der Waals surface area contributed by atoms with Crippen LogP contribution in [0.5, 0.6) is 5.75 Å². The van der Waals surface area contributed by atoms with E-state index in [4.69, 9.17) is 23.2 Å². The second-order valence-electron chi connectivity index (χ2n) is 3.75. The Morgan fingerprint density at radius 1 is 1.16 bits per heavy atom. The Hall–Kier alpha value is -1.78. The average molecular weight is 300 g/mol. The van der Waals surface area contributed by atoms with Crippen LogP contribution in [0, 0.1) is 5.82 Å². The summed E-state index contributed by atoms with van der Waals surface area (Å²) in [7, 11) is 0. The second-order valence-corrected chi connectivity index (χ2v) is 4.57. The van der Waals surface area contributed by atoms with Crippen LogP contribution in [0.15, 0.2) is 36.4 Å². The van der Waals surface area contributed by atoms with Gasteiger partial charge in [0.1, 0.15) is 11.6 Å². The maximum absolute atomic E-state index is 13.3. The largest absolute Gasteiger partial charge is 0.508 e. The number of anilines is 1. The molecule has 2 N–H and O–H groups in total. The van der Waals surface area contributed by atoms with Crippen molar-refractivity contribution in [2.75, 3.05) is 5.32 Å². The van der Waals surface area contributed by atoms with Gasteiger partial charge in [-0.1, -0.05) is 29.3 Å². The fraction of sp³-hybridized carbons (Fsp3) is 0. The molecule has 2 aromatic carbocycles. The number of halogens is 3. The number of phenols is 1. The third-order valence-corrected chi connectivity index (χ3v) is 2.96. The number of aromatic hydroxyl groups is 1. The van der Waals surface area contributed by atoms with Crippen LogP contribution in [0.2, 0.25) is 10.0 Å². The van der Waals surface area contributed by atoms with Crippen molar-refractivity contribution in [2.24, 2.45) is 0 Å². The maximum Gasteiger partial charge on any atom is 0.257 e. The van der Waals surface area contributed by atoms with Gasteiger partial charge < -0.3 is 10.4 Å². The minimum Gasteiger partial charge on any atom is -0.508 e. The number of rotatable bonds is 2. The molecule has 1 amide bonds. The Morgan fingerprint density at radius 3 is 2.58 bits per heavy atom. The van der Waals surface area contributed by atoms with E-state index in [9.17, 15) is 14.3 Å². The monoisotopic (exact) mass is 299 g/mol. The number of nitrogens with one attached hydrogen (secondary N) is 1. The first-order valence-electron chi connectivity index (χ1n) is 5.22. The van der Waals surface area contributed by atoms with Crippen LogP contribution in [-0.4, -0.2) is 11.0 Å². The van der Waals surface area contributed by atoms with Gasteiger partial charge >= 0.3 is 0 Å². The van der Waals surface area contributed by atoms with E-state index in [0.717, 1.165) is 12.1 Å². The van der Waals surface area contributed by atoms with Crippen molar-refractivity contribution < 1.29 is 14.3 Å². The lowest BCUT2D eigenvalue weighted by molar-refractivity contribution is 0.102. The summed E-state index contributed by atoms with van der Waals surface area (Å²) in [5, 5.41) is 11.7. The summed E-state index contributed by atoms with van der Waals surface area (Å²) in [6, 6.07) is 8.09. The molecule has 0 bridgehead atoms. The fourth-order valence-electron chi connectivity index (χ4n) is 1.48. The molecule has 2 rings (SSSR count). The molecule has 0 radical (unpaired) electrons. The van der Waals surface area contributed by atoms with E-state index in [1.54, 1.807) is 12.1 Å². The third kappa shape index (κ3) is 3.16. The van der Waals surface area contributed by atoms with E-state index < -0.39 is 11.7 Å². The summed E-state index contributed by atoms with van der Waals surface area (Å²) in [6.07, 6.45) is 0. The lowest BCUT2D eigenvalue weighted by atomic mass is 10.2. The lowest BCUT2D eigenvalue weighted by Gasteiger charge is -2.08. The van der Waals surface area contributed by atoms with Crippen molar-refractivity contribution in [1.82, 2.24) is 0 Å². The highest BCUT2D eigenvalue weighted by Gasteiger charge is 2.14. The van der Waals surface area contributed by atoms with Crippen LogP contribution >= 0.6 is 23.2 Å². The Bertz CT molecular complexity index is 647. The highest BCUT2D eigenvalue weighted by atomic mass is 35.5. The van der Waals surface area contributed by atoms with Crippen LogP contribution in [-0.2, 0) is 0 Å². The van der Waals surface area contributed by atoms with E-state index in [0.29, 0.717) is 5.69 Å². The highest BCUT2D eigenvalue weighted by Crippen LogP contribution is 2.25. The Labute approximate surface area is 118 Å². The number of amides is 1. The summed E-state index contributed by atoms with van der Waals surface area (Å²) in [4.78, 5) is 11.9. The number of hydrogen-bond acceptors (Lipinski definition) is 2. The Kier molecular flexibility index (Phi) is 3.93. The molecule has 0 atom stereocenters. The van der Waals surface area contributed by atoms with Crippen molar-refractivity contribution in [1.29, 1.82) is 0 Å². The maximum atomic E-state index is 13.3. The van der Waals surface area contributed by atoms with Gasteiger partial charge in [-0.3, -0.25) is 4.79 Å². The standard InChI is InChI=1S/C13H8Cl2FNO2/c14-10-6-11(15)12(16)5-9(10)13(19)17-7-2-1-3-8(18)4-7/h1-6,18H,(H,17,19). The zero-order valence-corrected chi connectivity index (χ0v) is 11.0. The van der Waals surface area contributed by atoms with E-state index in [-0.39, 0.29) is 21.4 Å². The molecular weight excluding hydrogens is 292 g/mol. The molecule has 3 nitrogen and oxygen atoms in total. The first kappa shape index (κ1) is 13.6. The molecule has 19 heavy (non-hydrogen) atoms. The Balaban J connectivity index is 2.28. The predicted molar refractivity (Wildman–Crippen MR) is 72.5 cm³/mol. The number of carbonyl (C=O) groups is 1. The van der Waals surface area contributed by atoms with Crippen LogP contribution in [0.3, 0.4) is 0 Å². The summed E-state index contributed by atoms with van der Waals surface area (Å²) in [6.45, 7) is 0. The summed E-state index contributed by atoms with van der Waals surface area (Å²) < 4.78 is 13.3. The van der Waals surface area contributed by atoms with Crippen LogP contribution < -0.4 is 5.32 Å². The number of carbonyl (C=O) groups excluding carboxylic acids is 1. The summed E-state index contributed by atoms with van der Waals surface area (Å²) >= 11 is 11.4. The molecule has 0 aliphatic heterocycles. The van der Waals surface area contributed by atoms with Gasteiger partial charge in [0.2, 0.25) is 0 Å². The molecule has 0 saturated heterocycles. The van der Waals surface area contributed by atoms with Gasteiger partial charge in [-0.05, 0) is 24.3 Å². The predicted octanol–water partition coefficient (Wildman–Crippen LogP) is 4.09. The first-order chi connectivity index (χ1) is 8.97. The fourth-order valence-corrected chi connectivity index (χ4v) is 1.95. The molecule has 0 aliphatic carbocycles. The lowest BCUT2D eigenvalue weighted by Crippen LogP contribution is -2.12. The van der Waals surface area contributed by atoms with E-state index in [1.165, 1.54) is 12.1 Å². The molecule has 98 valence electrons. The quantitative estimate of drug-likeness (QED) is 0.821. The first-order valence-corrected chi connectivity index (χ1v) is 5.98. The molecule has 0 fully saturated rings. The molecular formula is C13H8Cl2FNO2. The Morgan fingerprint density at radius 2 is 1.89 bits per heavy atom. The van der Waals surface area contributed by atoms with Crippen LogP contribution in [0.25, 0.3) is 0 Å². The van der Waals surface area contributed by atoms with E-state index in [1.807, 2.05) is 0 Å². The van der Waals surface area contributed by atoms with Gasteiger partial charge in [0.05, 0.1) is 15.6 Å². The number of phenolic OH excluding ortho intramolecular Hbond substituents is 1. The minimum atomic E-state index is -0.730. The summed E-state index contributed by atoms with van der Waals surface area (Å²) in [5.74, 6) is -1.32. The SMILES string of the molecule is O=C(Nc1cccc(O)c1)c1cc(F)c(Cl)cc1Cl.